The van der Waals surface area contributed by atoms with Crippen molar-refractivity contribution >= 4 is 16.9 Å². The van der Waals surface area contributed by atoms with Gasteiger partial charge in [0, 0.05) is 19.6 Å². The number of fused-ring (bicyclic) bond motifs is 2. The first-order valence-corrected chi connectivity index (χ1v) is 10.9. The highest BCUT2D eigenvalue weighted by molar-refractivity contribution is 5.81. The van der Waals surface area contributed by atoms with Gasteiger partial charge in [-0.1, -0.05) is 12.1 Å². The number of aromatic nitrogens is 2. The molecule has 31 heavy (non-hydrogen) atoms. The maximum Gasteiger partial charge on any atom is 0.329 e. The summed E-state index contributed by atoms with van der Waals surface area (Å²) < 4.78 is 14.8. The fourth-order valence-electron chi connectivity index (χ4n) is 4.28. The molecule has 1 aromatic heterocycles. The van der Waals surface area contributed by atoms with Gasteiger partial charge in [0.1, 0.15) is 6.54 Å². The van der Waals surface area contributed by atoms with Gasteiger partial charge in [0.2, 0.25) is 5.91 Å². The Morgan fingerprint density at radius 1 is 0.935 bits per heavy atom. The van der Waals surface area contributed by atoms with Gasteiger partial charge in [0.05, 0.1) is 24.2 Å². The average molecular weight is 424 g/mol. The minimum atomic E-state index is -0.144. The van der Waals surface area contributed by atoms with Crippen LogP contribution in [0.15, 0.2) is 41.2 Å². The van der Waals surface area contributed by atoms with Crippen LogP contribution in [0.2, 0.25) is 0 Å². The zero-order chi connectivity index (χ0) is 22.0. The van der Waals surface area contributed by atoms with Crippen LogP contribution in [-0.2, 0) is 30.8 Å². The molecule has 7 heteroatoms. The number of amides is 1. The van der Waals surface area contributed by atoms with Crippen LogP contribution >= 0.6 is 0 Å². The van der Waals surface area contributed by atoms with E-state index in [-0.39, 0.29) is 18.1 Å². The molecule has 2 heterocycles. The molecule has 1 amide bonds. The van der Waals surface area contributed by atoms with E-state index in [9.17, 15) is 9.59 Å². The van der Waals surface area contributed by atoms with Crippen molar-refractivity contribution in [3.8, 4) is 11.5 Å². The summed E-state index contributed by atoms with van der Waals surface area (Å²) in [7, 11) is 0. The number of hydrogen-bond donors (Lipinski definition) is 0. The van der Waals surface area contributed by atoms with Gasteiger partial charge in [-0.15, -0.1) is 0 Å². The summed E-state index contributed by atoms with van der Waals surface area (Å²) in [5.74, 6) is 1.40. The Morgan fingerprint density at radius 2 is 1.55 bits per heavy atom. The van der Waals surface area contributed by atoms with Gasteiger partial charge in [0.25, 0.3) is 0 Å². The average Bonchev–Trinajstić information content (AvgIpc) is 3.05. The number of carbonyl (C=O) groups excluding carboxylic acids is 1. The molecule has 3 aromatic rings. The smallest absolute Gasteiger partial charge is 0.329 e. The molecule has 0 N–H and O–H groups in total. The molecule has 0 radical (unpaired) electrons. The van der Waals surface area contributed by atoms with E-state index in [0.717, 1.165) is 28.8 Å². The number of nitrogens with zero attached hydrogens (tertiary/aromatic N) is 3. The van der Waals surface area contributed by atoms with Crippen LogP contribution in [0.25, 0.3) is 11.0 Å². The molecule has 2 aromatic carbocycles. The number of benzene rings is 2. The summed E-state index contributed by atoms with van der Waals surface area (Å²) in [6, 6.07) is 11.6. The third-order valence-corrected chi connectivity index (χ3v) is 5.77. The van der Waals surface area contributed by atoms with Crippen molar-refractivity contribution in [3.05, 3.63) is 58.0 Å². The summed E-state index contributed by atoms with van der Waals surface area (Å²) in [4.78, 5) is 27.9. The molecule has 1 aliphatic rings. The highest BCUT2D eigenvalue weighted by Gasteiger charge is 2.24. The second-order valence-corrected chi connectivity index (χ2v) is 7.60. The molecular formula is C24H29N3O4. The van der Waals surface area contributed by atoms with Crippen LogP contribution in [0.3, 0.4) is 0 Å². The number of hydrogen-bond acceptors (Lipinski definition) is 4. The molecule has 0 saturated heterocycles. The minimum absolute atomic E-state index is 0.0387. The molecule has 0 unspecified atom stereocenters. The lowest BCUT2D eigenvalue weighted by Gasteiger charge is -2.30. The van der Waals surface area contributed by atoms with E-state index in [4.69, 9.17) is 9.47 Å². The maximum absolute atomic E-state index is 13.2. The Morgan fingerprint density at radius 3 is 2.16 bits per heavy atom. The van der Waals surface area contributed by atoms with Crippen molar-refractivity contribution in [1.82, 2.24) is 14.0 Å². The molecule has 0 fully saturated rings. The van der Waals surface area contributed by atoms with E-state index in [1.54, 1.807) is 9.13 Å². The molecule has 0 saturated carbocycles. The summed E-state index contributed by atoms with van der Waals surface area (Å²) >= 11 is 0. The van der Waals surface area contributed by atoms with E-state index in [1.807, 2.05) is 62.1 Å². The maximum atomic E-state index is 13.2. The van der Waals surface area contributed by atoms with Crippen molar-refractivity contribution in [2.24, 2.45) is 0 Å². The summed E-state index contributed by atoms with van der Waals surface area (Å²) in [5, 5.41) is 0. The Balaban J connectivity index is 1.59. The van der Waals surface area contributed by atoms with Crippen molar-refractivity contribution in [1.29, 1.82) is 0 Å². The Bertz CT molecular complexity index is 1160. The number of imidazole rings is 1. The van der Waals surface area contributed by atoms with Gasteiger partial charge >= 0.3 is 5.69 Å². The van der Waals surface area contributed by atoms with E-state index < -0.39 is 0 Å². The molecule has 0 atom stereocenters. The van der Waals surface area contributed by atoms with Gasteiger partial charge in [-0.2, -0.15) is 0 Å². The van der Waals surface area contributed by atoms with E-state index in [0.29, 0.717) is 38.6 Å². The molecule has 1 aliphatic heterocycles. The molecule has 0 aliphatic carbocycles. The van der Waals surface area contributed by atoms with Gasteiger partial charge in [-0.25, -0.2) is 4.79 Å². The highest BCUT2D eigenvalue weighted by Crippen LogP contribution is 2.34. The van der Waals surface area contributed by atoms with Crippen LogP contribution in [0.4, 0.5) is 0 Å². The quantitative estimate of drug-likeness (QED) is 0.585. The number of ether oxygens (including phenoxy) is 2. The summed E-state index contributed by atoms with van der Waals surface area (Å²) in [6.07, 6.45) is 0.749. The minimum Gasteiger partial charge on any atom is -0.490 e. The first-order valence-electron chi connectivity index (χ1n) is 10.9. The molecular weight excluding hydrogens is 394 g/mol. The third-order valence-electron chi connectivity index (χ3n) is 5.77. The predicted molar refractivity (Wildman–Crippen MR) is 120 cm³/mol. The number of aryl methyl sites for hydroxylation is 1. The van der Waals surface area contributed by atoms with E-state index in [2.05, 4.69) is 0 Å². The Labute approximate surface area is 181 Å². The Kier molecular flexibility index (Phi) is 6.02. The standard InChI is InChI=1S/C24H29N3O4/c1-4-26-19-9-7-8-10-20(19)27(24(26)29)16-23(28)25-12-11-17-13-21(30-5-2)22(31-6-3)14-18(17)15-25/h7-10,13-14H,4-6,11-12,15-16H2,1-3H3. The lowest BCUT2D eigenvalue weighted by atomic mass is 9.98. The van der Waals surface area contributed by atoms with Crippen LogP contribution in [0, 0.1) is 0 Å². The largest absolute Gasteiger partial charge is 0.490 e. The molecule has 4 rings (SSSR count). The monoisotopic (exact) mass is 423 g/mol. The Hall–Kier alpha value is -3.22. The van der Waals surface area contributed by atoms with Crippen LogP contribution < -0.4 is 15.2 Å². The molecule has 7 nitrogen and oxygen atoms in total. The predicted octanol–water partition coefficient (Wildman–Crippen LogP) is 3.21. The lowest BCUT2D eigenvalue weighted by molar-refractivity contribution is -0.132. The molecule has 0 spiro atoms. The van der Waals surface area contributed by atoms with E-state index >= 15 is 0 Å². The fourth-order valence-corrected chi connectivity index (χ4v) is 4.28. The topological polar surface area (TPSA) is 65.7 Å². The van der Waals surface area contributed by atoms with Crippen LogP contribution in [0.1, 0.15) is 31.9 Å². The van der Waals surface area contributed by atoms with Gasteiger partial charge in [-0.05, 0) is 62.6 Å². The zero-order valence-corrected chi connectivity index (χ0v) is 18.4. The summed E-state index contributed by atoms with van der Waals surface area (Å²) in [6.45, 7) is 8.68. The first-order chi connectivity index (χ1) is 15.1. The van der Waals surface area contributed by atoms with Crippen molar-refractivity contribution < 1.29 is 14.3 Å². The van der Waals surface area contributed by atoms with E-state index in [1.165, 1.54) is 5.56 Å². The number of carbonyl (C=O) groups is 1. The van der Waals surface area contributed by atoms with Crippen LogP contribution in [-0.4, -0.2) is 39.7 Å². The molecule has 0 bridgehead atoms. The third kappa shape index (κ3) is 3.92. The second-order valence-electron chi connectivity index (χ2n) is 7.60. The number of rotatable bonds is 7. The second kappa shape index (κ2) is 8.88. The lowest BCUT2D eigenvalue weighted by Crippen LogP contribution is -2.39. The fraction of sp³-hybridized carbons (Fsp3) is 0.417. The van der Waals surface area contributed by atoms with Crippen molar-refractivity contribution in [2.75, 3.05) is 19.8 Å². The van der Waals surface area contributed by atoms with Crippen molar-refractivity contribution in [3.63, 3.8) is 0 Å². The van der Waals surface area contributed by atoms with Crippen molar-refractivity contribution in [2.45, 2.75) is 46.8 Å². The number of para-hydroxylation sites is 2. The first kappa shape index (κ1) is 21.0. The van der Waals surface area contributed by atoms with Gasteiger partial charge < -0.3 is 14.4 Å². The highest BCUT2D eigenvalue weighted by atomic mass is 16.5. The molecule has 164 valence electrons. The van der Waals surface area contributed by atoms with Crippen LogP contribution in [0.5, 0.6) is 11.5 Å². The van der Waals surface area contributed by atoms with Gasteiger partial charge in [-0.3, -0.25) is 13.9 Å². The normalized spacial score (nSPS) is 13.3. The SMILES string of the molecule is CCOc1cc2c(cc1OCC)CN(C(=O)Cn1c(=O)n(CC)c3ccccc31)CC2. The summed E-state index contributed by atoms with van der Waals surface area (Å²) in [5.41, 5.74) is 3.75. The van der Waals surface area contributed by atoms with Gasteiger partial charge in [0.15, 0.2) is 11.5 Å². The zero-order valence-electron chi connectivity index (χ0n) is 18.4.